The highest BCUT2D eigenvalue weighted by atomic mass is 79.9. The fraction of sp³-hybridized carbons (Fsp3) is 0.391. The third kappa shape index (κ3) is 3.66. The van der Waals surface area contributed by atoms with Crippen LogP contribution in [-0.4, -0.2) is 26.7 Å². The highest BCUT2D eigenvalue weighted by molar-refractivity contribution is 9.10. The molecule has 0 saturated heterocycles. The highest BCUT2D eigenvalue weighted by Crippen LogP contribution is 2.36. The van der Waals surface area contributed by atoms with Crippen LogP contribution in [0.1, 0.15) is 47.6 Å². The Morgan fingerprint density at radius 2 is 1.41 bits per heavy atom. The first-order chi connectivity index (χ1) is 13.7. The molecular weight excluding hydrogens is 430 g/mol. The van der Waals surface area contributed by atoms with Gasteiger partial charge in [-0.05, 0) is 59.7 Å². The summed E-state index contributed by atoms with van der Waals surface area (Å²) in [5, 5.41) is 1.09. The van der Waals surface area contributed by atoms with Crippen molar-refractivity contribution in [2.24, 2.45) is 0 Å². The van der Waals surface area contributed by atoms with Gasteiger partial charge in [-0.1, -0.05) is 15.9 Å². The van der Waals surface area contributed by atoms with E-state index in [1.165, 1.54) is 0 Å². The first-order valence-electron chi connectivity index (χ1n) is 10.0. The third-order valence-corrected chi connectivity index (χ3v) is 5.15. The number of fused-ring (bicyclic) bond motifs is 4. The molecule has 0 aliphatic rings. The number of hydrogen-bond acceptors (Lipinski definition) is 4. The molecule has 0 unspecified atom stereocenters. The quantitative estimate of drug-likeness (QED) is 0.337. The van der Waals surface area contributed by atoms with Crippen molar-refractivity contribution in [3.8, 4) is 11.5 Å². The molecule has 29 heavy (non-hydrogen) atoms. The van der Waals surface area contributed by atoms with Gasteiger partial charge in [-0.3, -0.25) is 0 Å². The average molecular weight is 456 g/mol. The van der Waals surface area contributed by atoms with Crippen LogP contribution in [0.3, 0.4) is 0 Å². The molecule has 0 aliphatic heterocycles. The lowest BCUT2D eigenvalue weighted by Crippen LogP contribution is -2.11. The van der Waals surface area contributed by atoms with E-state index in [1.54, 1.807) is 0 Å². The van der Waals surface area contributed by atoms with Crippen molar-refractivity contribution >= 4 is 49.0 Å². The standard InChI is InChI=1S/C23H26BrN3O2/c1-12(2)27-19-8-7-15(24)9-16(19)22-23(27)26-18-11-21(29-14(5)6)20(28-13(3)4)10-17(18)25-22/h7-14H,1-6H3. The Balaban J connectivity index is 2.05. The largest absolute Gasteiger partial charge is 0.487 e. The van der Waals surface area contributed by atoms with E-state index in [-0.39, 0.29) is 18.2 Å². The van der Waals surface area contributed by atoms with E-state index >= 15 is 0 Å². The zero-order chi connectivity index (χ0) is 20.9. The first kappa shape index (κ1) is 20.0. The molecule has 152 valence electrons. The summed E-state index contributed by atoms with van der Waals surface area (Å²) in [6.07, 6.45) is 0.0792. The van der Waals surface area contributed by atoms with Crippen molar-refractivity contribution in [1.29, 1.82) is 0 Å². The van der Waals surface area contributed by atoms with Crippen LogP contribution in [0.2, 0.25) is 0 Å². The molecule has 0 N–H and O–H groups in total. The number of ether oxygens (including phenoxy) is 2. The normalized spacial score (nSPS) is 12.2. The SMILES string of the molecule is CC(C)Oc1cc2nc3c4cc(Br)ccc4n(C(C)C)c3nc2cc1OC(C)C. The van der Waals surface area contributed by atoms with Crippen molar-refractivity contribution in [3.63, 3.8) is 0 Å². The molecule has 0 saturated carbocycles. The van der Waals surface area contributed by atoms with Crippen LogP contribution in [0.25, 0.3) is 33.1 Å². The molecule has 0 fully saturated rings. The Kier molecular flexibility index (Phi) is 5.15. The average Bonchev–Trinajstić information content (AvgIpc) is 2.92. The van der Waals surface area contributed by atoms with E-state index in [9.17, 15) is 0 Å². The van der Waals surface area contributed by atoms with E-state index in [0.717, 1.165) is 37.6 Å². The second-order valence-electron chi connectivity index (χ2n) is 8.14. The summed E-state index contributed by atoms with van der Waals surface area (Å²) >= 11 is 3.59. The highest BCUT2D eigenvalue weighted by Gasteiger charge is 2.19. The van der Waals surface area contributed by atoms with Crippen molar-refractivity contribution in [2.75, 3.05) is 0 Å². The zero-order valence-corrected chi connectivity index (χ0v) is 19.2. The second-order valence-corrected chi connectivity index (χ2v) is 9.06. The van der Waals surface area contributed by atoms with Crippen LogP contribution in [0.5, 0.6) is 11.5 Å². The summed E-state index contributed by atoms with van der Waals surface area (Å²) in [4.78, 5) is 10.0. The molecular formula is C23H26BrN3O2. The number of nitrogens with zero attached hydrogens (tertiary/aromatic N) is 3. The molecule has 6 heteroatoms. The molecule has 5 nitrogen and oxygen atoms in total. The molecule has 4 rings (SSSR count). The molecule has 0 bridgehead atoms. The molecule has 2 heterocycles. The van der Waals surface area contributed by atoms with Gasteiger partial charge in [-0.25, -0.2) is 9.97 Å². The van der Waals surface area contributed by atoms with Gasteiger partial charge in [0, 0.05) is 28.0 Å². The van der Waals surface area contributed by atoms with Gasteiger partial charge in [-0.2, -0.15) is 0 Å². The molecule has 0 amide bonds. The third-order valence-electron chi connectivity index (χ3n) is 4.65. The molecule has 0 aliphatic carbocycles. The predicted molar refractivity (Wildman–Crippen MR) is 122 cm³/mol. The van der Waals surface area contributed by atoms with E-state index in [2.05, 4.69) is 52.5 Å². The van der Waals surface area contributed by atoms with Crippen molar-refractivity contribution in [1.82, 2.24) is 14.5 Å². The summed E-state index contributed by atoms with van der Waals surface area (Å²) < 4.78 is 15.3. The summed E-state index contributed by atoms with van der Waals surface area (Å²) in [7, 11) is 0. The maximum atomic E-state index is 6.01. The lowest BCUT2D eigenvalue weighted by molar-refractivity contribution is 0.199. The summed E-state index contributed by atoms with van der Waals surface area (Å²) in [6, 6.07) is 10.4. The maximum Gasteiger partial charge on any atom is 0.163 e. The Labute approximate surface area is 179 Å². The van der Waals surface area contributed by atoms with E-state index < -0.39 is 0 Å². The Bertz CT molecular complexity index is 1210. The first-order valence-corrected chi connectivity index (χ1v) is 10.8. The molecule has 0 spiro atoms. The van der Waals surface area contributed by atoms with Crippen LogP contribution < -0.4 is 9.47 Å². The lowest BCUT2D eigenvalue weighted by Gasteiger charge is -2.17. The Hall–Kier alpha value is -2.34. The fourth-order valence-corrected chi connectivity index (χ4v) is 4.00. The molecule has 2 aromatic heterocycles. The number of hydrogen-bond donors (Lipinski definition) is 0. The van der Waals surface area contributed by atoms with Crippen LogP contribution in [0, 0.1) is 0 Å². The molecule has 0 atom stereocenters. The monoisotopic (exact) mass is 455 g/mol. The molecule has 4 aromatic rings. The van der Waals surface area contributed by atoms with Gasteiger partial charge < -0.3 is 14.0 Å². The number of rotatable bonds is 5. The van der Waals surface area contributed by atoms with Crippen LogP contribution >= 0.6 is 15.9 Å². The Morgan fingerprint density at radius 1 is 0.828 bits per heavy atom. The lowest BCUT2D eigenvalue weighted by atomic mass is 10.2. The Morgan fingerprint density at radius 3 is 1.97 bits per heavy atom. The van der Waals surface area contributed by atoms with Crippen molar-refractivity contribution in [3.05, 3.63) is 34.8 Å². The predicted octanol–water partition coefficient (Wildman–Crippen LogP) is 6.66. The van der Waals surface area contributed by atoms with Gasteiger partial charge in [0.25, 0.3) is 0 Å². The van der Waals surface area contributed by atoms with Crippen LogP contribution in [-0.2, 0) is 0 Å². The second kappa shape index (κ2) is 7.48. The van der Waals surface area contributed by atoms with Crippen LogP contribution in [0.15, 0.2) is 34.8 Å². The van der Waals surface area contributed by atoms with E-state index in [4.69, 9.17) is 19.4 Å². The van der Waals surface area contributed by atoms with Gasteiger partial charge in [0.2, 0.25) is 0 Å². The maximum absolute atomic E-state index is 6.01. The number of halogens is 1. The van der Waals surface area contributed by atoms with Crippen molar-refractivity contribution in [2.45, 2.75) is 59.8 Å². The minimum Gasteiger partial charge on any atom is -0.487 e. The minimum absolute atomic E-state index is 0.0393. The molecule has 0 radical (unpaired) electrons. The van der Waals surface area contributed by atoms with Gasteiger partial charge in [0.15, 0.2) is 17.1 Å². The van der Waals surface area contributed by atoms with Gasteiger partial charge in [0.05, 0.1) is 28.8 Å². The zero-order valence-electron chi connectivity index (χ0n) is 17.7. The molecule has 2 aromatic carbocycles. The fourth-order valence-electron chi connectivity index (χ4n) is 3.64. The van der Waals surface area contributed by atoms with Gasteiger partial charge in [0.1, 0.15) is 5.52 Å². The summed E-state index contributed by atoms with van der Waals surface area (Å²) in [5.41, 5.74) is 4.51. The summed E-state index contributed by atoms with van der Waals surface area (Å²) in [6.45, 7) is 12.4. The summed E-state index contributed by atoms with van der Waals surface area (Å²) in [5.74, 6) is 1.40. The van der Waals surface area contributed by atoms with E-state index in [1.807, 2.05) is 39.8 Å². The minimum atomic E-state index is 0.0393. The van der Waals surface area contributed by atoms with Crippen molar-refractivity contribution < 1.29 is 9.47 Å². The van der Waals surface area contributed by atoms with Crippen LogP contribution in [0.4, 0.5) is 0 Å². The van der Waals surface area contributed by atoms with Gasteiger partial charge in [-0.15, -0.1) is 0 Å². The topological polar surface area (TPSA) is 49.2 Å². The number of aromatic nitrogens is 3. The van der Waals surface area contributed by atoms with E-state index in [0.29, 0.717) is 11.5 Å². The number of benzene rings is 2. The smallest absolute Gasteiger partial charge is 0.163 e. The van der Waals surface area contributed by atoms with Gasteiger partial charge >= 0.3 is 0 Å².